The second-order valence-corrected chi connectivity index (χ2v) is 3.35. The molecule has 14 heavy (non-hydrogen) atoms. The third-order valence-electron chi connectivity index (χ3n) is 1.86. The second kappa shape index (κ2) is 5.27. The van der Waals surface area contributed by atoms with Crippen molar-refractivity contribution in [2.45, 2.75) is 20.8 Å². The Morgan fingerprint density at radius 3 is 2.07 bits per heavy atom. The van der Waals surface area contributed by atoms with Crippen LogP contribution in [0, 0.1) is 5.92 Å². The Bertz CT molecular complexity index is 296. The molecule has 4 N–H and O–H groups in total. The summed E-state index contributed by atoms with van der Waals surface area (Å²) in [5.41, 5.74) is 13.5. The SMILES string of the molecule is C=C(N)/C(N)=C(\N=C/C)C(=C)C(C)C. The number of nitrogens with two attached hydrogens (primary N) is 2. The van der Waals surface area contributed by atoms with Crippen LogP contribution < -0.4 is 11.5 Å². The van der Waals surface area contributed by atoms with Gasteiger partial charge in [0.25, 0.3) is 0 Å². The molecule has 0 atom stereocenters. The van der Waals surface area contributed by atoms with Crippen LogP contribution >= 0.6 is 0 Å². The molecule has 78 valence electrons. The maximum absolute atomic E-state index is 5.77. The molecule has 0 aromatic carbocycles. The number of nitrogens with zero attached hydrogens (tertiary/aromatic N) is 1. The highest BCUT2D eigenvalue weighted by Gasteiger charge is 2.10. The largest absolute Gasteiger partial charge is 0.397 e. The van der Waals surface area contributed by atoms with Crippen molar-refractivity contribution in [2.24, 2.45) is 22.4 Å². The molecule has 0 saturated heterocycles. The highest BCUT2D eigenvalue weighted by molar-refractivity contribution is 5.58. The van der Waals surface area contributed by atoms with Crippen LogP contribution in [0.15, 0.2) is 40.8 Å². The molecule has 0 fully saturated rings. The molecule has 3 heteroatoms. The van der Waals surface area contributed by atoms with Gasteiger partial charge in [-0.2, -0.15) is 0 Å². The van der Waals surface area contributed by atoms with Crippen LogP contribution in [0.1, 0.15) is 20.8 Å². The molecule has 0 aromatic rings. The number of aliphatic imine (C=N–C) groups is 1. The molecule has 0 radical (unpaired) electrons. The van der Waals surface area contributed by atoms with Crippen LogP contribution in [0.5, 0.6) is 0 Å². The summed E-state index contributed by atoms with van der Waals surface area (Å²) in [4.78, 5) is 4.16. The van der Waals surface area contributed by atoms with Gasteiger partial charge in [0.05, 0.1) is 11.4 Å². The summed E-state index contributed by atoms with van der Waals surface area (Å²) >= 11 is 0. The predicted molar refractivity (Wildman–Crippen MR) is 62.7 cm³/mol. The van der Waals surface area contributed by atoms with E-state index in [1.54, 1.807) is 6.21 Å². The first-order chi connectivity index (χ1) is 6.41. The number of rotatable bonds is 4. The molecule has 0 aliphatic rings. The van der Waals surface area contributed by atoms with Crippen molar-refractivity contribution < 1.29 is 0 Å². The lowest BCUT2D eigenvalue weighted by Gasteiger charge is -2.13. The van der Waals surface area contributed by atoms with Crippen molar-refractivity contribution in [2.75, 3.05) is 0 Å². The summed E-state index contributed by atoms with van der Waals surface area (Å²) < 4.78 is 0. The number of allylic oxidation sites excluding steroid dienone is 1. The van der Waals surface area contributed by atoms with Gasteiger partial charge >= 0.3 is 0 Å². The fourth-order valence-electron chi connectivity index (χ4n) is 0.880. The lowest BCUT2D eigenvalue weighted by molar-refractivity contribution is 0.774. The van der Waals surface area contributed by atoms with Crippen LogP contribution in [0.2, 0.25) is 0 Å². The Morgan fingerprint density at radius 2 is 1.79 bits per heavy atom. The van der Waals surface area contributed by atoms with E-state index in [1.165, 1.54) is 0 Å². The van der Waals surface area contributed by atoms with Gasteiger partial charge in [0.1, 0.15) is 0 Å². The fraction of sp³-hybridized carbons (Fsp3) is 0.364. The van der Waals surface area contributed by atoms with Gasteiger partial charge in [-0.25, -0.2) is 0 Å². The van der Waals surface area contributed by atoms with E-state index in [0.717, 1.165) is 5.57 Å². The maximum Gasteiger partial charge on any atom is 0.0904 e. The summed E-state index contributed by atoms with van der Waals surface area (Å²) in [6, 6.07) is 0. The quantitative estimate of drug-likeness (QED) is 0.529. The molecule has 0 rings (SSSR count). The monoisotopic (exact) mass is 193 g/mol. The van der Waals surface area contributed by atoms with Crippen LogP contribution in [0.4, 0.5) is 0 Å². The van der Waals surface area contributed by atoms with E-state index < -0.39 is 0 Å². The summed E-state index contributed by atoms with van der Waals surface area (Å²) in [6.07, 6.45) is 1.67. The maximum atomic E-state index is 5.77. The second-order valence-electron chi connectivity index (χ2n) is 3.35. The Morgan fingerprint density at radius 1 is 1.29 bits per heavy atom. The fourth-order valence-corrected chi connectivity index (χ4v) is 0.880. The van der Waals surface area contributed by atoms with Crippen LogP contribution in [0.3, 0.4) is 0 Å². The van der Waals surface area contributed by atoms with Gasteiger partial charge < -0.3 is 11.5 Å². The summed E-state index contributed by atoms with van der Waals surface area (Å²) in [6.45, 7) is 13.4. The topological polar surface area (TPSA) is 64.4 Å². The van der Waals surface area contributed by atoms with Crippen molar-refractivity contribution in [1.29, 1.82) is 0 Å². The van der Waals surface area contributed by atoms with Gasteiger partial charge in [0.15, 0.2) is 0 Å². The predicted octanol–water partition coefficient (Wildman–Crippen LogP) is 1.93. The molecule has 0 spiro atoms. The highest BCUT2D eigenvalue weighted by atomic mass is 14.8. The van der Waals surface area contributed by atoms with Crippen molar-refractivity contribution >= 4 is 6.21 Å². The molecule has 0 aliphatic carbocycles. The normalized spacial score (nSPS) is 13.1. The zero-order valence-corrected chi connectivity index (χ0v) is 9.17. The van der Waals surface area contributed by atoms with Gasteiger partial charge in [0.2, 0.25) is 0 Å². The van der Waals surface area contributed by atoms with E-state index in [0.29, 0.717) is 17.1 Å². The number of hydrogen-bond acceptors (Lipinski definition) is 3. The van der Waals surface area contributed by atoms with Gasteiger partial charge in [-0.3, -0.25) is 4.99 Å². The van der Waals surface area contributed by atoms with E-state index in [1.807, 2.05) is 20.8 Å². The third kappa shape index (κ3) is 3.09. The first-order valence-corrected chi connectivity index (χ1v) is 4.54. The van der Waals surface area contributed by atoms with Crippen molar-refractivity contribution in [3.63, 3.8) is 0 Å². The molecular weight excluding hydrogens is 174 g/mol. The summed E-state index contributed by atoms with van der Waals surface area (Å²) in [5, 5.41) is 0. The zero-order valence-electron chi connectivity index (χ0n) is 9.17. The molecule has 0 heterocycles. The van der Waals surface area contributed by atoms with Crippen molar-refractivity contribution in [1.82, 2.24) is 0 Å². The lowest BCUT2D eigenvalue weighted by atomic mass is 10.0. The van der Waals surface area contributed by atoms with E-state index in [4.69, 9.17) is 11.5 Å². The number of hydrogen-bond donors (Lipinski definition) is 2. The Balaban J connectivity index is 5.25. The first kappa shape index (κ1) is 12.5. The molecule has 0 aromatic heterocycles. The third-order valence-corrected chi connectivity index (χ3v) is 1.86. The lowest BCUT2D eigenvalue weighted by Crippen LogP contribution is -2.12. The Labute approximate surface area is 85.9 Å². The van der Waals surface area contributed by atoms with Crippen LogP contribution in [0.25, 0.3) is 0 Å². The van der Waals surface area contributed by atoms with E-state index in [2.05, 4.69) is 18.2 Å². The first-order valence-electron chi connectivity index (χ1n) is 4.54. The minimum absolute atomic E-state index is 0.284. The smallest absolute Gasteiger partial charge is 0.0904 e. The highest BCUT2D eigenvalue weighted by Crippen LogP contribution is 2.21. The van der Waals surface area contributed by atoms with Crippen LogP contribution in [-0.2, 0) is 0 Å². The summed E-state index contributed by atoms with van der Waals surface area (Å²) in [7, 11) is 0. The minimum atomic E-state index is 0.284. The Hall–Kier alpha value is -1.51. The van der Waals surface area contributed by atoms with E-state index in [9.17, 15) is 0 Å². The van der Waals surface area contributed by atoms with Gasteiger partial charge in [-0.05, 0) is 18.4 Å². The van der Waals surface area contributed by atoms with Gasteiger partial charge in [-0.15, -0.1) is 0 Å². The summed E-state index contributed by atoms with van der Waals surface area (Å²) in [5.74, 6) is 0.284. The van der Waals surface area contributed by atoms with Gasteiger partial charge in [0, 0.05) is 11.9 Å². The molecular formula is C11H19N3. The van der Waals surface area contributed by atoms with Crippen LogP contribution in [-0.4, -0.2) is 6.21 Å². The Kier molecular flexibility index (Phi) is 4.70. The molecule has 0 unspecified atom stereocenters. The molecule has 0 aliphatic heterocycles. The molecule has 0 amide bonds. The zero-order chi connectivity index (χ0) is 11.3. The molecule has 0 bridgehead atoms. The molecule has 0 saturated carbocycles. The standard InChI is InChI=1S/C11H19N3/c1-6-14-11(8(4)7(2)3)10(13)9(5)12/h6-7H,4-5,12-13H2,1-3H3/b11-10+,14-6-. The van der Waals surface area contributed by atoms with E-state index in [-0.39, 0.29) is 5.92 Å². The van der Waals surface area contributed by atoms with Crippen molar-refractivity contribution in [3.05, 3.63) is 35.8 Å². The van der Waals surface area contributed by atoms with E-state index >= 15 is 0 Å². The average molecular weight is 193 g/mol. The average Bonchev–Trinajstić information content (AvgIpc) is 2.11. The van der Waals surface area contributed by atoms with Crippen molar-refractivity contribution in [3.8, 4) is 0 Å². The minimum Gasteiger partial charge on any atom is -0.397 e. The van der Waals surface area contributed by atoms with Gasteiger partial charge in [-0.1, -0.05) is 27.0 Å². The molecule has 3 nitrogen and oxygen atoms in total.